The van der Waals surface area contributed by atoms with Gasteiger partial charge in [0.05, 0.1) is 0 Å². The first-order valence-corrected chi connectivity index (χ1v) is 9.88. The van der Waals surface area contributed by atoms with Crippen molar-refractivity contribution in [3.8, 4) is 5.75 Å². The van der Waals surface area contributed by atoms with Gasteiger partial charge in [-0.15, -0.1) is 12.4 Å². The fraction of sp³-hybridized carbons (Fsp3) is 0.650. The minimum atomic E-state index is 0. The summed E-state index contributed by atoms with van der Waals surface area (Å²) in [6.45, 7) is 3.56. The van der Waals surface area contributed by atoms with E-state index in [1.165, 1.54) is 32.1 Å². The van der Waals surface area contributed by atoms with Crippen LogP contribution in [-0.2, 0) is 4.79 Å². The van der Waals surface area contributed by atoms with Crippen LogP contribution in [0.5, 0.6) is 5.75 Å². The summed E-state index contributed by atoms with van der Waals surface area (Å²) in [5, 5.41) is 0.734. The Morgan fingerprint density at radius 1 is 1.31 bits per heavy atom. The predicted octanol–water partition coefficient (Wildman–Crippen LogP) is 4.38. The monoisotopic (exact) mass is 400 g/mol. The molecular formula is C20H30Cl2N2O2. The van der Waals surface area contributed by atoms with Crippen LogP contribution < -0.4 is 10.5 Å². The normalized spacial score (nSPS) is 23.6. The van der Waals surface area contributed by atoms with Crippen LogP contribution in [0.3, 0.4) is 0 Å². The summed E-state index contributed by atoms with van der Waals surface area (Å²) in [4.78, 5) is 14.5. The molecule has 146 valence electrons. The van der Waals surface area contributed by atoms with Gasteiger partial charge in [-0.2, -0.15) is 0 Å². The fourth-order valence-corrected chi connectivity index (χ4v) is 4.45. The zero-order valence-electron chi connectivity index (χ0n) is 15.5. The number of carbonyl (C=O) groups is 1. The minimum absolute atomic E-state index is 0. The van der Waals surface area contributed by atoms with E-state index >= 15 is 0 Å². The van der Waals surface area contributed by atoms with E-state index in [0.29, 0.717) is 18.4 Å². The second-order valence-electron chi connectivity index (χ2n) is 7.54. The maximum atomic E-state index is 12.6. The van der Waals surface area contributed by atoms with Crippen molar-refractivity contribution in [2.75, 3.05) is 19.7 Å². The van der Waals surface area contributed by atoms with Crippen molar-refractivity contribution in [3.63, 3.8) is 0 Å². The van der Waals surface area contributed by atoms with Crippen molar-refractivity contribution in [2.24, 2.45) is 11.7 Å². The van der Waals surface area contributed by atoms with Gasteiger partial charge in [-0.1, -0.05) is 30.9 Å². The maximum Gasteiger partial charge on any atom is 0.260 e. The lowest BCUT2D eigenvalue weighted by Crippen LogP contribution is -2.37. The SMILES string of the molecule is CC1CC(CN)CN1C(=O)COc1ccc(Cl)cc1C1CCCCC1.Cl. The predicted molar refractivity (Wildman–Crippen MR) is 108 cm³/mol. The molecule has 1 aliphatic heterocycles. The van der Waals surface area contributed by atoms with Crippen molar-refractivity contribution < 1.29 is 9.53 Å². The quantitative estimate of drug-likeness (QED) is 0.797. The first-order valence-electron chi connectivity index (χ1n) is 9.50. The van der Waals surface area contributed by atoms with E-state index in [1.807, 2.05) is 23.1 Å². The van der Waals surface area contributed by atoms with Crippen molar-refractivity contribution in [1.82, 2.24) is 4.90 Å². The molecule has 2 fully saturated rings. The molecule has 26 heavy (non-hydrogen) atoms. The molecule has 0 aromatic heterocycles. The maximum absolute atomic E-state index is 12.6. The van der Waals surface area contributed by atoms with Crippen LogP contribution in [0.2, 0.25) is 5.02 Å². The summed E-state index contributed by atoms with van der Waals surface area (Å²) in [7, 11) is 0. The van der Waals surface area contributed by atoms with Crippen molar-refractivity contribution >= 4 is 29.9 Å². The molecule has 1 aromatic carbocycles. The van der Waals surface area contributed by atoms with E-state index in [0.717, 1.165) is 29.3 Å². The molecule has 0 radical (unpaired) electrons. The van der Waals surface area contributed by atoms with Crippen LogP contribution in [-0.4, -0.2) is 36.5 Å². The molecule has 4 nitrogen and oxygen atoms in total. The molecule has 0 bridgehead atoms. The third kappa shape index (κ3) is 5.05. The number of nitrogens with zero attached hydrogens (tertiary/aromatic N) is 1. The number of hydrogen-bond acceptors (Lipinski definition) is 3. The summed E-state index contributed by atoms with van der Waals surface area (Å²) in [5.41, 5.74) is 6.92. The number of halogens is 2. The van der Waals surface area contributed by atoms with Crippen LogP contribution in [0.4, 0.5) is 0 Å². The molecule has 2 N–H and O–H groups in total. The molecule has 1 aliphatic carbocycles. The number of benzene rings is 1. The van der Waals surface area contributed by atoms with E-state index in [2.05, 4.69) is 6.92 Å². The van der Waals surface area contributed by atoms with Gasteiger partial charge in [0.2, 0.25) is 0 Å². The van der Waals surface area contributed by atoms with Gasteiger partial charge in [-0.05, 0) is 68.3 Å². The number of nitrogens with two attached hydrogens (primary N) is 1. The number of hydrogen-bond donors (Lipinski definition) is 1. The van der Waals surface area contributed by atoms with Gasteiger partial charge in [-0.3, -0.25) is 4.79 Å². The highest BCUT2D eigenvalue weighted by atomic mass is 35.5. The van der Waals surface area contributed by atoms with Gasteiger partial charge in [-0.25, -0.2) is 0 Å². The molecular weight excluding hydrogens is 371 g/mol. The molecule has 1 heterocycles. The van der Waals surface area contributed by atoms with Crippen molar-refractivity contribution in [1.29, 1.82) is 0 Å². The Balaban J connectivity index is 0.00000243. The second-order valence-corrected chi connectivity index (χ2v) is 7.97. The smallest absolute Gasteiger partial charge is 0.260 e. The van der Waals surface area contributed by atoms with Gasteiger partial charge in [0.25, 0.3) is 5.91 Å². The summed E-state index contributed by atoms with van der Waals surface area (Å²) < 4.78 is 5.96. The number of likely N-dealkylation sites (tertiary alicyclic amines) is 1. The zero-order chi connectivity index (χ0) is 17.8. The van der Waals surface area contributed by atoms with E-state index in [-0.39, 0.29) is 31.0 Å². The molecule has 3 rings (SSSR count). The number of ether oxygens (including phenoxy) is 1. The average Bonchev–Trinajstić information content (AvgIpc) is 3.02. The van der Waals surface area contributed by atoms with Gasteiger partial charge in [0, 0.05) is 17.6 Å². The standard InChI is InChI=1S/C20H29ClN2O2.ClH/c1-14-9-15(11-22)12-23(14)20(24)13-25-19-8-7-17(21)10-18(19)16-5-3-2-4-6-16;/h7-8,10,14-16H,2-6,9,11-13,22H2,1H3;1H. The Bertz CT molecular complexity index is 605. The van der Waals surface area contributed by atoms with Crippen LogP contribution in [0.25, 0.3) is 0 Å². The molecule has 1 aromatic rings. The Kier molecular flexibility index (Phi) is 8.05. The lowest BCUT2D eigenvalue weighted by molar-refractivity contribution is -0.134. The van der Waals surface area contributed by atoms with E-state index in [1.54, 1.807) is 0 Å². The van der Waals surface area contributed by atoms with Gasteiger partial charge < -0.3 is 15.4 Å². The summed E-state index contributed by atoms with van der Waals surface area (Å²) >= 11 is 6.21. The topological polar surface area (TPSA) is 55.6 Å². The minimum Gasteiger partial charge on any atom is -0.483 e. The number of amides is 1. The molecule has 2 atom stereocenters. The van der Waals surface area contributed by atoms with Crippen LogP contribution in [0.15, 0.2) is 18.2 Å². The van der Waals surface area contributed by atoms with E-state index in [9.17, 15) is 4.79 Å². The third-order valence-electron chi connectivity index (χ3n) is 5.68. The molecule has 2 unspecified atom stereocenters. The molecule has 2 aliphatic rings. The highest BCUT2D eigenvalue weighted by Crippen LogP contribution is 2.38. The Morgan fingerprint density at radius 3 is 2.69 bits per heavy atom. The number of carbonyl (C=O) groups excluding carboxylic acids is 1. The van der Waals surface area contributed by atoms with Crippen molar-refractivity contribution in [3.05, 3.63) is 28.8 Å². The zero-order valence-corrected chi connectivity index (χ0v) is 17.0. The first-order chi connectivity index (χ1) is 12.1. The lowest BCUT2D eigenvalue weighted by Gasteiger charge is -2.25. The highest BCUT2D eigenvalue weighted by molar-refractivity contribution is 6.30. The highest BCUT2D eigenvalue weighted by Gasteiger charge is 2.31. The third-order valence-corrected chi connectivity index (χ3v) is 5.92. The van der Waals surface area contributed by atoms with E-state index in [4.69, 9.17) is 22.1 Å². The summed E-state index contributed by atoms with van der Waals surface area (Å²) in [6, 6.07) is 6.01. The van der Waals surface area contributed by atoms with Crippen molar-refractivity contribution in [2.45, 2.75) is 57.4 Å². The van der Waals surface area contributed by atoms with Crippen LogP contribution in [0, 0.1) is 5.92 Å². The molecule has 0 spiro atoms. The first kappa shape index (κ1) is 21.3. The Morgan fingerprint density at radius 2 is 2.04 bits per heavy atom. The average molecular weight is 401 g/mol. The van der Waals surface area contributed by atoms with Gasteiger partial charge in [0.1, 0.15) is 5.75 Å². The summed E-state index contributed by atoms with van der Waals surface area (Å²) in [6.07, 6.45) is 7.14. The molecule has 1 amide bonds. The summed E-state index contributed by atoms with van der Waals surface area (Å²) in [5.74, 6) is 1.76. The van der Waals surface area contributed by atoms with E-state index < -0.39 is 0 Å². The van der Waals surface area contributed by atoms with Crippen LogP contribution in [0.1, 0.15) is 56.9 Å². The Hall–Kier alpha value is -0.970. The van der Waals surface area contributed by atoms with Crippen LogP contribution >= 0.6 is 24.0 Å². The van der Waals surface area contributed by atoms with Gasteiger partial charge in [0.15, 0.2) is 6.61 Å². The number of rotatable bonds is 5. The molecule has 1 saturated heterocycles. The fourth-order valence-electron chi connectivity index (χ4n) is 4.27. The molecule has 1 saturated carbocycles. The largest absolute Gasteiger partial charge is 0.483 e. The lowest BCUT2D eigenvalue weighted by atomic mass is 9.84. The van der Waals surface area contributed by atoms with Gasteiger partial charge >= 0.3 is 0 Å². The molecule has 6 heteroatoms. The Labute approximate surface area is 167 Å². The second kappa shape index (κ2) is 9.82.